The number of para-hydroxylation sites is 4. The number of rotatable bonds is 5. The van der Waals surface area contributed by atoms with Gasteiger partial charge in [-0.3, -0.25) is 0 Å². The Labute approximate surface area is 328 Å². The Balaban J connectivity index is 1.07. The monoisotopic (exact) mass is 726 g/mol. The van der Waals surface area contributed by atoms with Gasteiger partial charge in [0.05, 0.1) is 27.8 Å². The Hall–Kier alpha value is -7.62. The van der Waals surface area contributed by atoms with Gasteiger partial charge in [0.25, 0.3) is 0 Å². The molecule has 0 amide bonds. The van der Waals surface area contributed by atoms with Crippen LogP contribution in [0.5, 0.6) is 0 Å². The number of benzene rings is 9. The molecule has 0 fully saturated rings. The van der Waals surface area contributed by atoms with Gasteiger partial charge in [0.15, 0.2) is 5.58 Å². The average molecular weight is 727 g/mol. The Bertz CT molecular complexity index is 3510. The zero-order chi connectivity index (χ0) is 37.5. The van der Waals surface area contributed by atoms with Crippen LogP contribution in [0.4, 0.5) is 0 Å². The minimum Gasteiger partial charge on any atom is -0.454 e. The molecule has 0 aliphatic rings. The Morgan fingerprint density at radius 2 is 0.772 bits per heavy atom. The molecule has 57 heavy (non-hydrogen) atoms. The lowest BCUT2D eigenvalue weighted by molar-refractivity contribution is 0.666. The number of hydrogen-bond acceptors (Lipinski definition) is 1. The van der Waals surface area contributed by atoms with Gasteiger partial charge in [-0.2, -0.15) is 0 Å². The van der Waals surface area contributed by atoms with E-state index in [0.29, 0.717) is 0 Å². The molecule has 0 bridgehead atoms. The van der Waals surface area contributed by atoms with Gasteiger partial charge in [0.2, 0.25) is 0 Å². The van der Waals surface area contributed by atoms with E-state index in [1.54, 1.807) is 0 Å². The third kappa shape index (κ3) is 4.92. The maximum atomic E-state index is 6.77. The molecule has 0 saturated heterocycles. The van der Waals surface area contributed by atoms with E-state index >= 15 is 0 Å². The topological polar surface area (TPSA) is 23.0 Å². The van der Waals surface area contributed by atoms with Gasteiger partial charge < -0.3 is 13.6 Å². The maximum absolute atomic E-state index is 6.77. The summed E-state index contributed by atoms with van der Waals surface area (Å²) in [6.07, 6.45) is 0. The molecule has 0 aliphatic carbocycles. The van der Waals surface area contributed by atoms with E-state index in [9.17, 15) is 0 Å². The van der Waals surface area contributed by atoms with Crippen molar-refractivity contribution in [1.82, 2.24) is 9.13 Å². The fraction of sp³-hybridized carbons (Fsp3) is 0. The zero-order valence-electron chi connectivity index (χ0n) is 30.9. The van der Waals surface area contributed by atoms with Crippen LogP contribution in [0, 0.1) is 0 Å². The quantitative estimate of drug-likeness (QED) is 0.173. The van der Waals surface area contributed by atoms with E-state index in [4.69, 9.17) is 4.42 Å². The summed E-state index contributed by atoms with van der Waals surface area (Å²) in [6, 6.07) is 74.4. The Morgan fingerprint density at radius 3 is 1.47 bits per heavy atom. The molecule has 3 aromatic heterocycles. The Kier molecular flexibility index (Phi) is 6.93. The van der Waals surface area contributed by atoms with Crippen molar-refractivity contribution in [2.75, 3.05) is 0 Å². The molecule has 12 aromatic rings. The van der Waals surface area contributed by atoms with Crippen LogP contribution in [0.1, 0.15) is 0 Å². The first-order valence-corrected chi connectivity index (χ1v) is 19.5. The summed E-state index contributed by atoms with van der Waals surface area (Å²) < 4.78 is 11.5. The van der Waals surface area contributed by atoms with Gasteiger partial charge in [-0.25, -0.2) is 0 Å². The molecular weight excluding hydrogens is 693 g/mol. The zero-order valence-corrected chi connectivity index (χ0v) is 30.9. The standard InChI is InChI=1S/C54H34N2O/c1-3-14-35(15-4-1)36-16-13-17-37(30-36)40-33-47-44-22-9-12-25-53(44)57-54(47)52(34-40)56-49-24-11-8-21-43(49)46-32-39(27-29-51(46)56)38-26-28-50-45(31-38)42-20-7-10-23-48(42)55(50)41-18-5-2-6-19-41/h1-34H. The fourth-order valence-corrected chi connectivity index (χ4v) is 9.07. The highest BCUT2D eigenvalue weighted by molar-refractivity contribution is 6.15. The second-order valence-electron chi connectivity index (χ2n) is 14.9. The van der Waals surface area contributed by atoms with E-state index in [-0.39, 0.29) is 0 Å². The molecule has 3 heteroatoms. The maximum Gasteiger partial charge on any atom is 0.159 e. The lowest BCUT2D eigenvalue weighted by Gasteiger charge is -2.13. The van der Waals surface area contributed by atoms with Crippen LogP contribution in [0.2, 0.25) is 0 Å². The van der Waals surface area contributed by atoms with Crippen LogP contribution in [-0.2, 0) is 0 Å². The van der Waals surface area contributed by atoms with E-state index in [1.165, 1.54) is 54.8 Å². The van der Waals surface area contributed by atoms with Crippen LogP contribution in [0.15, 0.2) is 211 Å². The molecule has 0 spiro atoms. The average Bonchev–Trinajstić information content (AvgIpc) is 3.94. The number of hydrogen-bond donors (Lipinski definition) is 0. The van der Waals surface area contributed by atoms with E-state index < -0.39 is 0 Å². The van der Waals surface area contributed by atoms with Crippen molar-refractivity contribution in [2.24, 2.45) is 0 Å². The molecule has 3 heterocycles. The van der Waals surface area contributed by atoms with Gasteiger partial charge in [-0.1, -0.05) is 133 Å². The van der Waals surface area contributed by atoms with Crippen LogP contribution >= 0.6 is 0 Å². The van der Waals surface area contributed by atoms with Crippen LogP contribution in [-0.4, -0.2) is 9.13 Å². The summed E-state index contributed by atoms with van der Waals surface area (Å²) in [5.41, 5.74) is 15.7. The number of fused-ring (bicyclic) bond motifs is 9. The lowest BCUT2D eigenvalue weighted by Crippen LogP contribution is -1.96. The van der Waals surface area contributed by atoms with Crippen molar-refractivity contribution in [2.45, 2.75) is 0 Å². The van der Waals surface area contributed by atoms with Crippen LogP contribution in [0.25, 0.3) is 110 Å². The normalized spacial score (nSPS) is 11.9. The summed E-state index contributed by atoms with van der Waals surface area (Å²) in [4.78, 5) is 0. The van der Waals surface area contributed by atoms with Crippen LogP contribution in [0.3, 0.4) is 0 Å². The smallest absolute Gasteiger partial charge is 0.159 e. The molecule has 0 aliphatic heterocycles. The molecule has 0 radical (unpaired) electrons. The van der Waals surface area contributed by atoms with Gasteiger partial charge in [-0.05, 0) is 106 Å². The summed E-state index contributed by atoms with van der Waals surface area (Å²) in [6.45, 7) is 0. The molecular formula is C54H34N2O. The van der Waals surface area contributed by atoms with E-state index in [0.717, 1.165) is 55.5 Å². The molecule has 0 N–H and O–H groups in total. The van der Waals surface area contributed by atoms with E-state index in [2.05, 4.69) is 209 Å². The van der Waals surface area contributed by atoms with Gasteiger partial charge in [0, 0.05) is 38.0 Å². The number of furan rings is 1. The third-order valence-electron chi connectivity index (χ3n) is 11.7. The van der Waals surface area contributed by atoms with E-state index in [1.807, 2.05) is 6.07 Å². The van der Waals surface area contributed by atoms with Gasteiger partial charge in [0.1, 0.15) is 5.58 Å². The molecule has 0 unspecified atom stereocenters. The van der Waals surface area contributed by atoms with Gasteiger partial charge in [-0.15, -0.1) is 0 Å². The largest absolute Gasteiger partial charge is 0.454 e. The highest BCUT2D eigenvalue weighted by atomic mass is 16.3. The summed E-state index contributed by atoms with van der Waals surface area (Å²) in [5.74, 6) is 0. The molecule has 12 rings (SSSR count). The predicted octanol–water partition coefficient (Wildman–Crippen LogP) is 14.8. The van der Waals surface area contributed by atoms with Crippen molar-refractivity contribution in [1.29, 1.82) is 0 Å². The first-order valence-electron chi connectivity index (χ1n) is 19.5. The Morgan fingerprint density at radius 1 is 0.281 bits per heavy atom. The van der Waals surface area contributed by atoms with Crippen molar-refractivity contribution in [3.05, 3.63) is 206 Å². The summed E-state index contributed by atoms with van der Waals surface area (Å²) in [5, 5.41) is 7.12. The van der Waals surface area contributed by atoms with Crippen molar-refractivity contribution in [3.63, 3.8) is 0 Å². The minimum absolute atomic E-state index is 0.881. The SMILES string of the molecule is c1ccc(-c2cccc(-c3cc(-n4c5ccccc5c5cc(-c6ccc7c(c6)c6ccccc6n7-c6ccccc6)ccc54)c4oc5ccccc5c4c3)c2)cc1. The minimum atomic E-state index is 0.881. The highest BCUT2D eigenvalue weighted by Crippen LogP contribution is 2.42. The first kappa shape index (κ1) is 31.7. The molecule has 0 atom stereocenters. The number of aromatic nitrogens is 2. The molecule has 9 aromatic carbocycles. The molecule has 0 saturated carbocycles. The summed E-state index contributed by atoms with van der Waals surface area (Å²) >= 11 is 0. The molecule has 3 nitrogen and oxygen atoms in total. The molecule has 266 valence electrons. The van der Waals surface area contributed by atoms with Crippen LogP contribution < -0.4 is 0 Å². The second-order valence-corrected chi connectivity index (χ2v) is 14.9. The second kappa shape index (κ2) is 12.5. The summed E-state index contributed by atoms with van der Waals surface area (Å²) in [7, 11) is 0. The van der Waals surface area contributed by atoms with Crippen molar-refractivity contribution in [3.8, 4) is 44.8 Å². The predicted molar refractivity (Wildman–Crippen MR) is 239 cm³/mol. The highest BCUT2D eigenvalue weighted by Gasteiger charge is 2.21. The fourth-order valence-electron chi connectivity index (χ4n) is 9.07. The van der Waals surface area contributed by atoms with Crippen molar-refractivity contribution >= 4 is 65.6 Å². The van der Waals surface area contributed by atoms with Crippen molar-refractivity contribution < 1.29 is 4.42 Å². The first-order chi connectivity index (χ1) is 28.3. The third-order valence-corrected chi connectivity index (χ3v) is 11.7. The number of nitrogens with zero attached hydrogens (tertiary/aromatic N) is 2. The van der Waals surface area contributed by atoms with Gasteiger partial charge >= 0.3 is 0 Å². The lowest BCUT2D eigenvalue weighted by atomic mass is 9.97.